The number of hydrogen-bond acceptors (Lipinski definition) is 4. The average molecular weight is 506 g/mol. The number of nitrogens with one attached hydrogen (secondary N) is 1. The fourth-order valence-electron chi connectivity index (χ4n) is 4.16. The first-order valence-corrected chi connectivity index (χ1v) is 12.1. The maximum absolute atomic E-state index is 13.0. The molecule has 1 aliphatic rings. The quantitative estimate of drug-likeness (QED) is 0.537. The number of fused-ring (bicyclic) bond motifs is 2. The molecule has 1 atom stereocenters. The molecule has 3 aromatic rings. The highest BCUT2D eigenvalue weighted by Gasteiger charge is 2.39. The number of carbonyl (C=O) groups excluding carboxylic acids is 2. The Bertz CT molecular complexity index is 1330. The summed E-state index contributed by atoms with van der Waals surface area (Å²) in [5.74, 6) is -2.13. The Morgan fingerprint density at radius 2 is 1.86 bits per heavy atom. The third kappa shape index (κ3) is 5.93. The molecule has 1 heterocycles. The molecular weight excluding hydrogens is 479 g/mol. The van der Waals surface area contributed by atoms with Crippen LogP contribution in [0, 0.1) is 0 Å². The molecule has 10 heteroatoms. The summed E-state index contributed by atoms with van der Waals surface area (Å²) >= 11 is 1.06. The van der Waals surface area contributed by atoms with E-state index in [-0.39, 0.29) is 17.4 Å². The largest absolute Gasteiger partial charge is 0.473 e. The van der Waals surface area contributed by atoms with Crippen molar-refractivity contribution in [2.24, 2.45) is 4.99 Å². The van der Waals surface area contributed by atoms with Crippen LogP contribution in [0.25, 0.3) is 10.8 Å². The second-order valence-corrected chi connectivity index (χ2v) is 10.5. The number of thiazole rings is 1. The topological polar surface area (TPSA) is 72.7 Å². The lowest BCUT2D eigenvalue weighted by molar-refractivity contribution is -0.169. The molecule has 0 spiro atoms. The van der Waals surface area contributed by atoms with Gasteiger partial charge in [-0.05, 0) is 49.9 Å². The summed E-state index contributed by atoms with van der Waals surface area (Å²) in [6.45, 7) is 5.59. The Morgan fingerprint density at radius 3 is 2.57 bits per heavy atom. The summed E-state index contributed by atoms with van der Waals surface area (Å²) in [4.78, 5) is 28.2. The van der Waals surface area contributed by atoms with Gasteiger partial charge in [-0.15, -0.1) is 11.3 Å². The van der Waals surface area contributed by atoms with Gasteiger partial charge in [-0.1, -0.05) is 42.5 Å². The zero-order valence-electron chi connectivity index (χ0n) is 19.6. The summed E-state index contributed by atoms with van der Waals surface area (Å²) in [5, 5.41) is 4.84. The van der Waals surface area contributed by atoms with Gasteiger partial charge in [0, 0.05) is 23.0 Å². The first kappa shape index (κ1) is 25.0. The number of halogens is 3. The Morgan fingerprint density at radius 1 is 1.14 bits per heavy atom. The van der Waals surface area contributed by atoms with Crippen LogP contribution < -0.4 is 10.1 Å². The van der Waals surface area contributed by atoms with Gasteiger partial charge >= 0.3 is 18.2 Å². The van der Waals surface area contributed by atoms with E-state index >= 15 is 0 Å². The van der Waals surface area contributed by atoms with E-state index in [0.29, 0.717) is 19.3 Å². The van der Waals surface area contributed by atoms with E-state index in [2.05, 4.69) is 10.3 Å². The van der Waals surface area contributed by atoms with Crippen molar-refractivity contribution in [3.05, 3.63) is 63.4 Å². The lowest BCUT2D eigenvalue weighted by Crippen LogP contribution is -2.41. The number of rotatable bonds is 3. The lowest BCUT2D eigenvalue weighted by Gasteiger charge is -2.26. The Hall–Kier alpha value is -3.14. The summed E-state index contributed by atoms with van der Waals surface area (Å²) in [7, 11) is 0. The first-order chi connectivity index (χ1) is 16.4. The molecular formula is C25H26F3N3O3S. The maximum Gasteiger partial charge on any atom is 0.473 e. The molecule has 2 amide bonds. The van der Waals surface area contributed by atoms with Gasteiger partial charge in [-0.25, -0.2) is 4.79 Å². The molecule has 0 bridgehead atoms. The highest BCUT2D eigenvalue weighted by atomic mass is 32.1. The monoisotopic (exact) mass is 505 g/mol. The number of aromatic nitrogens is 1. The Balaban J connectivity index is 1.70. The molecule has 0 fully saturated rings. The van der Waals surface area contributed by atoms with Crippen LogP contribution in [0.5, 0.6) is 0 Å². The number of hydrogen-bond donors (Lipinski definition) is 1. The van der Waals surface area contributed by atoms with Crippen molar-refractivity contribution in [3.63, 3.8) is 0 Å². The van der Waals surface area contributed by atoms with Crippen molar-refractivity contribution in [3.8, 4) is 0 Å². The molecule has 1 aromatic heterocycles. The standard InChI is InChI=1S/C25H26F3N3O3S/c1-24(2,3)34-23(33)29-17-11-12-19-20(13-17)35-22(30-21(32)25(26,27)28)31(19)14-16-9-6-8-15-7-4-5-10-18(15)16/h4-10,17H,11-14H2,1-3H3,(H,29,33). The zero-order chi connectivity index (χ0) is 25.4. The van der Waals surface area contributed by atoms with Gasteiger partial charge in [0.2, 0.25) is 0 Å². The number of alkyl halides is 3. The highest BCUT2D eigenvalue weighted by Crippen LogP contribution is 2.27. The van der Waals surface area contributed by atoms with Gasteiger partial charge in [0.1, 0.15) is 5.60 Å². The zero-order valence-corrected chi connectivity index (χ0v) is 20.4. The Labute approximate surface area is 204 Å². The average Bonchev–Trinajstić information content (AvgIpc) is 3.08. The first-order valence-electron chi connectivity index (χ1n) is 11.2. The van der Waals surface area contributed by atoms with Crippen molar-refractivity contribution in [1.82, 2.24) is 9.88 Å². The van der Waals surface area contributed by atoms with Gasteiger partial charge in [0.05, 0.1) is 6.54 Å². The summed E-state index contributed by atoms with van der Waals surface area (Å²) in [6, 6.07) is 13.3. The van der Waals surface area contributed by atoms with Crippen LogP contribution in [0.4, 0.5) is 18.0 Å². The minimum atomic E-state index is -5.05. The van der Waals surface area contributed by atoms with E-state index in [0.717, 1.165) is 38.2 Å². The molecule has 0 saturated heterocycles. The van der Waals surface area contributed by atoms with Crippen LogP contribution in [0.3, 0.4) is 0 Å². The van der Waals surface area contributed by atoms with E-state index in [9.17, 15) is 22.8 Å². The number of alkyl carbamates (subject to hydrolysis) is 1. The van der Waals surface area contributed by atoms with Gasteiger partial charge in [0.25, 0.3) is 0 Å². The number of amides is 2. The molecule has 6 nitrogen and oxygen atoms in total. The number of ether oxygens (including phenoxy) is 1. The normalized spacial score (nSPS) is 16.7. The van der Waals surface area contributed by atoms with E-state index < -0.39 is 23.8 Å². The van der Waals surface area contributed by atoms with E-state index in [4.69, 9.17) is 4.74 Å². The summed E-state index contributed by atoms with van der Waals surface area (Å²) < 4.78 is 46.1. The molecule has 186 valence electrons. The molecule has 35 heavy (non-hydrogen) atoms. The van der Waals surface area contributed by atoms with E-state index in [1.165, 1.54) is 0 Å². The minimum Gasteiger partial charge on any atom is -0.444 e. The van der Waals surface area contributed by atoms with E-state index in [1.54, 1.807) is 25.3 Å². The number of carbonyl (C=O) groups is 2. The maximum atomic E-state index is 13.0. The van der Waals surface area contributed by atoms with Crippen molar-refractivity contribution in [2.75, 3.05) is 0 Å². The molecule has 4 rings (SSSR count). The van der Waals surface area contributed by atoms with Crippen molar-refractivity contribution >= 4 is 34.1 Å². The number of benzene rings is 2. The van der Waals surface area contributed by atoms with Crippen molar-refractivity contribution in [1.29, 1.82) is 0 Å². The molecule has 0 aliphatic heterocycles. The van der Waals surface area contributed by atoms with Crippen LogP contribution >= 0.6 is 11.3 Å². The number of nitrogens with zero attached hydrogens (tertiary/aromatic N) is 2. The van der Waals surface area contributed by atoms with Gasteiger partial charge in [-0.2, -0.15) is 18.2 Å². The van der Waals surface area contributed by atoms with Crippen LogP contribution in [0.2, 0.25) is 0 Å². The molecule has 1 unspecified atom stereocenters. The second-order valence-electron chi connectivity index (χ2n) is 9.48. The Kier molecular flexibility index (Phi) is 6.77. The SMILES string of the molecule is CC(C)(C)OC(=O)NC1CCc2c(sc(=NC(=O)C(F)(F)F)n2Cc2cccc3ccccc23)C1. The smallest absolute Gasteiger partial charge is 0.444 e. The van der Waals surface area contributed by atoms with E-state index in [1.807, 2.05) is 42.5 Å². The van der Waals surface area contributed by atoms with Crippen LogP contribution in [0.1, 0.15) is 43.3 Å². The molecule has 1 N–H and O–H groups in total. The summed E-state index contributed by atoms with van der Waals surface area (Å²) in [6.07, 6.45) is -4.06. The second kappa shape index (κ2) is 9.49. The highest BCUT2D eigenvalue weighted by molar-refractivity contribution is 7.09. The third-order valence-electron chi connectivity index (χ3n) is 5.62. The third-order valence-corrected chi connectivity index (χ3v) is 6.77. The molecule has 2 aromatic carbocycles. The summed E-state index contributed by atoms with van der Waals surface area (Å²) in [5.41, 5.74) is 1.11. The van der Waals surface area contributed by atoms with Crippen molar-refractivity contribution in [2.45, 2.75) is 64.4 Å². The molecule has 0 radical (unpaired) electrons. The fourth-order valence-corrected chi connectivity index (χ4v) is 5.40. The van der Waals surface area contributed by atoms with Gasteiger partial charge in [0.15, 0.2) is 4.80 Å². The minimum absolute atomic E-state index is 0.00294. The predicted octanol–water partition coefficient (Wildman–Crippen LogP) is 5.12. The molecule has 0 saturated carbocycles. The van der Waals surface area contributed by atoms with Gasteiger partial charge in [-0.3, -0.25) is 4.79 Å². The van der Waals surface area contributed by atoms with Crippen LogP contribution in [-0.2, 0) is 28.9 Å². The lowest BCUT2D eigenvalue weighted by atomic mass is 9.97. The molecule has 1 aliphatic carbocycles. The fraction of sp³-hybridized carbons (Fsp3) is 0.400. The van der Waals surface area contributed by atoms with Crippen molar-refractivity contribution < 1.29 is 27.5 Å². The van der Waals surface area contributed by atoms with Gasteiger partial charge < -0.3 is 14.6 Å². The van der Waals surface area contributed by atoms with Crippen LogP contribution in [-0.4, -0.2) is 34.4 Å². The van der Waals surface area contributed by atoms with Crippen LogP contribution in [0.15, 0.2) is 47.5 Å². The predicted molar refractivity (Wildman–Crippen MR) is 127 cm³/mol.